The predicted octanol–water partition coefficient (Wildman–Crippen LogP) is 2.31. The first-order valence-electron chi connectivity index (χ1n) is 9.51. The number of carbonyl (C=O) groups is 1. The highest BCUT2D eigenvalue weighted by atomic mass is 32.2. The number of nitrogens with zero attached hydrogens (tertiary/aromatic N) is 2. The van der Waals surface area contributed by atoms with Gasteiger partial charge in [-0.2, -0.15) is 4.31 Å². The van der Waals surface area contributed by atoms with Gasteiger partial charge in [-0.25, -0.2) is 8.42 Å². The van der Waals surface area contributed by atoms with Gasteiger partial charge >= 0.3 is 0 Å². The zero-order valence-electron chi connectivity index (χ0n) is 16.7. The summed E-state index contributed by atoms with van der Waals surface area (Å²) in [4.78, 5) is 14.3. The Balaban J connectivity index is 1.48. The standard InChI is InChI=1S/C21H26N2O5S/c1-17-3-5-19(6-4-17)28-16-11-21(24)22-12-14-23(15-13-22)29(25,26)20-9-7-18(27-2)8-10-20/h3-10H,11-16H2,1-2H3. The van der Waals surface area contributed by atoms with E-state index in [2.05, 4.69) is 0 Å². The van der Waals surface area contributed by atoms with Crippen LogP contribution in [0.2, 0.25) is 0 Å². The monoisotopic (exact) mass is 418 g/mol. The van der Waals surface area contributed by atoms with Gasteiger partial charge in [0.1, 0.15) is 11.5 Å². The number of hydrogen-bond acceptors (Lipinski definition) is 5. The molecule has 2 aromatic carbocycles. The summed E-state index contributed by atoms with van der Waals surface area (Å²) in [7, 11) is -2.04. The number of amides is 1. The third-order valence-corrected chi connectivity index (χ3v) is 6.81. The van der Waals surface area contributed by atoms with Crippen molar-refractivity contribution in [2.45, 2.75) is 18.2 Å². The van der Waals surface area contributed by atoms with Crippen LogP contribution in [0.25, 0.3) is 0 Å². The fraction of sp³-hybridized carbons (Fsp3) is 0.381. The SMILES string of the molecule is COc1ccc(S(=O)(=O)N2CCN(C(=O)CCOc3ccc(C)cc3)CC2)cc1. The van der Waals surface area contributed by atoms with Gasteiger partial charge in [0, 0.05) is 26.2 Å². The van der Waals surface area contributed by atoms with Gasteiger partial charge in [0.15, 0.2) is 0 Å². The van der Waals surface area contributed by atoms with Crippen LogP contribution in [0.1, 0.15) is 12.0 Å². The van der Waals surface area contributed by atoms with Crippen LogP contribution in [-0.4, -0.2) is 63.4 Å². The Labute approximate surface area is 171 Å². The van der Waals surface area contributed by atoms with Gasteiger partial charge in [-0.3, -0.25) is 4.79 Å². The van der Waals surface area contributed by atoms with Gasteiger partial charge in [0.25, 0.3) is 0 Å². The fourth-order valence-corrected chi connectivity index (χ4v) is 4.55. The molecule has 7 nitrogen and oxygen atoms in total. The van der Waals surface area contributed by atoms with Gasteiger partial charge in [-0.1, -0.05) is 17.7 Å². The third-order valence-electron chi connectivity index (χ3n) is 4.89. The Hall–Kier alpha value is -2.58. The molecule has 0 atom stereocenters. The first-order chi connectivity index (χ1) is 13.9. The largest absolute Gasteiger partial charge is 0.497 e. The van der Waals surface area contributed by atoms with Crippen molar-refractivity contribution in [3.63, 3.8) is 0 Å². The molecular formula is C21H26N2O5S. The van der Waals surface area contributed by atoms with Crippen molar-refractivity contribution in [2.75, 3.05) is 39.9 Å². The highest BCUT2D eigenvalue weighted by molar-refractivity contribution is 7.89. The number of hydrogen-bond donors (Lipinski definition) is 0. The van der Waals surface area contributed by atoms with Crippen molar-refractivity contribution < 1.29 is 22.7 Å². The second-order valence-corrected chi connectivity index (χ2v) is 8.81. The molecule has 0 spiro atoms. The Morgan fingerprint density at radius 3 is 2.10 bits per heavy atom. The third kappa shape index (κ3) is 5.27. The van der Waals surface area contributed by atoms with Gasteiger partial charge in [0.05, 0.1) is 25.0 Å². The molecule has 0 aromatic heterocycles. The molecule has 8 heteroatoms. The van der Waals surface area contributed by atoms with E-state index >= 15 is 0 Å². The normalized spacial score (nSPS) is 15.2. The van der Waals surface area contributed by atoms with Crippen LogP contribution in [0.4, 0.5) is 0 Å². The Kier molecular flexibility index (Phi) is 6.76. The summed E-state index contributed by atoms with van der Waals surface area (Å²) in [6.45, 7) is 3.60. The predicted molar refractivity (Wildman–Crippen MR) is 110 cm³/mol. The maximum atomic E-state index is 12.8. The van der Waals surface area contributed by atoms with E-state index in [0.717, 1.165) is 11.3 Å². The van der Waals surface area contributed by atoms with Crippen LogP contribution in [0.15, 0.2) is 53.4 Å². The van der Waals surface area contributed by atoms with E-state index in [4.69, 9.17) is 9.47 Å². The summed E-state index contributed by atoms with van der Waals surface area (Å²) in [5.74, 6) is 1.31. The van der Waals surface area contributed by atoms with Crippen molar-refractivity contribution in [2.24, 2.45) is 0 Å². The summed E-state index contributed by atoms with van der Waals surface area (Å²) in [6, 6.07) is 14.0. The van der Waals surface area contributed by atoms with Crippen LogP contribution >= 0.6 is 0 Å². The van der Waals surface area contributed by atoms with Crippen molar-refractivity contribution >= 4 is 15.9 Å². The molecule has 0 radical (unpaired) electrons. The van der Waals surface area contributed by atoms with Gasteiger partial charge in [0.2, 0.25) is 15.9 Å². The fourth-order valence-electron chi connectivity index (χ4n) is 3.12. The molecule has 0 saturated carbocycles. The maximum Gasteiger partial charge on any atom is 0.243 e. The Morgan fingerprint density at radius 2 is 1.52 bits per heavy atom. The number of methoxy groups -OCH3 is 1. The average Bonchev–Trinajstić information content (AvgIpc) is 2.75. The zero-order chi connectivity index (χ0) is 20.9. The number of benzene rings is 2. The van der Waals surface area contributed by atoms with E-state index in [0.29, 0.717) is 25.4 Å². The smallest absolute Gasteiger partial charge is 0.243 e. The molecule has 1 aliphatic heterocycles. The molecule has 1 amide bonds. The molecule has 0 bridgehead atoms. The molecule has 0 unspecified atom stereocenters. The van der Waals surface area contributed by atoms with Gasteiger partial charge in [-0.05, 0) is 43.3 Å². The molecule has 1 fully saturated rings. The molecule has 0 N–H and O–H groups in total. The lowest BCUT2D eigenvalue weighted by molar-refractivity contribution is -0.132. The summed E-state index contributed by atoms with van der Waals surface area (Å²) in [5, 5.41) is 0. The van der Waals surface area contributed by atoms with Crippen molar-refractivity contribution in [1.29, 1.82) is 0 Å². The molecule has 0 aliphatic carbocycles. The molecule has 156 valence electrons. The van der Waals surface area contributed by atoms with Crippen LogP contribution in [0, 0.1) is 6.92 Å². The highest BCUT2D eigenvalue weighted by Gasteiger charge is 2.30. The summed E-state index contributed by atoms with van der Waals surface area (Å²) < 4.78 is 37.7. The summed E-state index contributed by atoms with van der Waals surface area (Å²) >= 11 is 0. The number of piperazine rings is 1. The van der Waals surface area contributed by atoms with E-state index in [1.165, 1.54) is 23.5 Å². The first-order valence-corrected chi connectivity index (χ1v) is 11.0. The molecule has 29 heavy (non-hydrogen) atoms. The number of rotatable bonds is 7. The highest BCUT2D eigenvalue weighted by Crippen LogP contribution is 2.21. The van der Waals surface area contributed by atoms with Crippen molar-refractivity contribution in [1.82, 2.24) is 9.21 Å². The Bertz CT molecular complexity index is 919. The number of ether oxygens (including phenoxy) is 2. The van der Waals surface area contributed by atoms with Crippen molar-refractivity contribution in [3.8, 4) is 11.5 Å². The number of sulfonamides is 1. The van der Waals surface area contributed by atoms with Gasteiger partial charge < -0.3 is 14.4 Å². The number of aryl methyl sites for hydroxylation is 1. The van der Waals surface area contributed by atoms with E-state index < -0.39 is 10.0 Å². The van der Waals surface area contributed by atoms with E-state index in [9.17, 15) is 13.2 Å². The number of carbonyl (C=O) groups excluding carboxylic acids is 1. The topological polar surface area (TPSA) is 76.2 Å². The lowest BCUT2D eigenvalue weighted by atomic mass is 10.2. The van der Waals surface area contributed by atoms with Crippen LogP contribution in [-0.2, 0) is 14.8 Å². The minimum absolute atomic E-state index is 0.0291. The van der Waals surface area contributed by atoms with E-state index in [-0.39, 0.29) is 30.3 Å². The summed E-state index contributed by atoms with van der Waals surface area (Å²) in [6.07, 6.45) is 0.263. The lowest BCUT2D eigenvalue weighted by Gasteiger charge is -2.34. The zero-order valence-corrected chi connectivity index (χ0v) is 17.5. The second-order valence-electron chi connectivity index (χ2n) is 6.87. The van der Waals surface area contributed by atoms with Crippen molar-refractivity contribution in [3.05, 3.63) is 54.1 Å². The summed E-state index contributed by atoms with van der Waals surface area (Å²) in [5.41, 5.74) is 1.15. The quantitative estimate of drug-likeness (QED) is 0.690. The van der Waals surface area contributed by atoms with E-state index in [1.54, 1.807) is 17.0 Å². The van der Waals surface area contributed by atoms with Crippen LogP contribution in [0.3, 0.4) is 0 Å². The second kappa shape index (κ2) is 9.28. The minimum atomic E-state index is -3.58. The van der Waals surface area contributed by atoms with Crippen LogP contribution in [0.5, 0.6) is 11.5 Å². The molecule has 2 aromatic rings. The average molecular weight is 419 g/mol. The van der Waals surface area contributed by atoms with Gasteiger partial charge in [-0.15, -0.1) is 0 Å². The molecule has 1 aliphatic rings. The molecule has 1 saturated heterocycles. The van der Waals surface area contributed by atoms with E-state index in [1.807, 2.05) is 31.2 Å². The molecule has 1 heterocycles. The molecular weight excluding hydrogens is 392 g/mol. The Morgan fingerprint density at radius 1 is 0.931 bits per heavy atom. The maximum absolute atomic E-state index is 12.8. The van der Waals surface area contributed by atoms with Crippen LogP contribution < -0.4 is 9.47 Å². The molecule has 3 rings (SSSR count). The lowest BCUT2D eigenvalue weighted by Crippen LogP contribution is -2.50. The first kappa shape index (κ1) is 21.1. The minimum Gasteiger partial charge on any atom is -0.497 e.